The number of hydrogen-bond acceptors (Lipinski definition) is 4. The molecule has 1 aromatic heterocycles. The molecular weight excluding hydrogens is 585 g/mol. The Morgan fingerprint density at radius 2 is 1.82 bits per heavy atom. The van der Waals surface area contributed by atoms with Crippen molar-refractivity contribution in [2.24, 2.45) is 0 Å². The van der Waals surface area contributed by atoms with Gasteiger partial charge < -0.3 is 20.1 Å². The van der Waals surface area contributed by atoms with Crippen LogP contribution >= 0.6 is 12.2 Å². The van der Waals surface area contributed by atoms with Crippen LogP contribution in [0.25, 0.3) is 0 Å². The first kappa shape index (κ1) is 32.2. The Bertz CT molecular complexity index is 1660. The molecule has 0 aliphatic heterocycles. The van der Waals surface area contributed by atoms with E-state index in [4.69, 9.17) is 17.5 Å². The molecule has 0 radical (unpaired) electrons. The van der Waals surface area contributed by atoms with E-state index in [0.717, 1.165) is 28.4 Å². The lowest BCUT2D eigenvalue weighted by Gasteiger charge is -2.30. The second-order valence-corrected chi connectivity index (χ2v) is 11.1. The van der Waals surface area contributed by atoms with Crippen LogP contribution < -0.4 is 10.6 Å². The summed E-state index contributed by atoms with van der Waals surface area (Å²) in [6.45, 7) is 6.28. The number of thiocarbonyl (C=S) groups is 1. The zero-order valence-electron chi connectivity index (χ0n) is 24.7. The Labute approximate surface area is 260 Å². The van der Waals surface area contributed by atoms with E-state index in [2.05, 4.69) is 21.7 Å². The fourth-order valence-corrected chi connectivity index (χ4v) is 5.02. The molecule has 0 aliphatic carbocycles. The monoisotopic (exact) mass is 618 g/mol. The molecule has 2 N–H and O–H groups in total. The number of benzene rings is 3. The number of hydrogen-bond donors (Lipinski definition) is 2. The number of amides is 1. The molecule has 0 saturated heterocycles. The number of aromatic nitrogens is 2. The average Bonchev–Trinajstić information content (AvgIpc) is 3.40. The van der Waals surface area contributed by atoms with Crippen LogP contribution in [0.5, 0.6) is 0 Å². The van der Waals surface area contributed by atoms with Crippen molar-refractivity contribution >= 4 is 28.9 Å². The Balaban J connectivity index is 1.46. The molecule has 1 atom stereocenters. The number of imidazole rings is 1. The highest BCUT2D eigenvalue weighted by atomic mass is 32.1. The average molecular weight is 619 g/mol. The fraction of sp³-hybridized carbons (Fsp3) is 0.273. The van der Waals surface area contributed by atoms with Crippen molar-refractivity contribution in [3.63, 3.8) is 0 Å². The summed E-state index contributed by atoms with van der Waals surface area (Å²) in [5, 5.41) is 15.4. The molecule has 3 aromatic carbocycles. The van der Waals surface area contributed by atoms with Crippen LogP contribution in [0.15, 0.2) is 79.3 Å². The SMILES string of the molecule is Cc1ccc(NC(=S)N(Cc2ccccc2C(F)(F)F)C[C@H](C)NC(=O)Cc2cncn2Cc2ccc(C#N)cc2)cc1C. The van der Waals surface area contributed by atoms with Crippen LogP contribution in [0.2, 0.25) is 0 Å². The first-order valence-electron chi connectivity index (χ1n) is 14.0. The molecule has 228 valence electrons. The smallest absolute Gasteiger partial charge is 0.352 e. The quantitative estimate of drug-likeness (QED) is 0.201. The number of rotatable bonds is 10. The lowest BCUT2D eigenvalue weighted by Crippen LogP contribution is -2.46. The molecule has 11 heteroatoms. The van der Waals surface area contributed by atoms with Crippen LogP contribution in [0.4, 0.5) is 18.9 Å². The van der Waals surface area contributed by atoms with Crippen LogP contribution in [0.1, 0.15) is 46.0 Å². The normalized spacial score (nSPS) is 11.8. The van der Waals surface area contributed by atoms with Crippen molar-refractivity contribution in [3.8, 4) is 6.07 Å². The summed E-state index contributed by atoms with van der Waals surface area (Å²) in [4.78, 5) is 18.9. The molecule has 44 heavy (non-hydrogen) atoms. The molecule has 1 amide bonds. The summed E-state index contributed by atoms with van der Waals surface area (Å²) in [6.07, 6.45) is -1.20. The number of halogens is 3. The van der Waals surface area contributed by atoms with Gasteiger partial charge in [-0.15, -0.1) is 0 Å². The third-order valence-electron chi connectivity index (χ3n) is 7.21. The largest absolute Gasteiger partial charge is 0.416 e. The molecule has 0 spiro atoms. The van der Waals surface area contributed by atoms with Gasteiger partial charge in [0.1, 0.15) is 0 Å². The Morgan fingerprint density at radius 1 is 1.09 bits per heavy atom. The van der Waals surface area contributed by atoms with E-state index < -0.39 is 17.8 Å². The highest BCUT2D eigenvalue weighted by molar-refractivity contribution is 7.80. The van der Waals surface area contributed by atoms with Gasteiger partial charge in [-0.25, -0.2) is 4.98 Å². The number of nitrogens with zero attached hydrogens (tertiary/aromatic N) is 4. The summed E-state index contributed by atoms with van der Waals surface area (Å²) in [7, 11) is 0. The summed E-state index contributed by atoms with van der Waals surface area (Å²) < 4.78 is 43.3. The molecule has 0 saturated carbocycles. The number of anilines is 1. The minimum atomic E-state index is -4.52. The van der Waals surface area contributed by atoms with Gasteiger partial charge in [0.2, 0.25) is 5.91 Å². The maximum Gasteiger partial charge on any atom is 0.416 e. The molecule has 1 heterocycles. The molecule has 4 rings (SSSR count). The molecule has 0 bridgehead atoms. The number of aryl methyl sites for hydroxylation is 2. The van der Waals surface area contributed by atoms with E-state index in [1.807, 2.05) is 48.7 Å². The number of nitrogens with one attached hydrogen (secondary N) is 2. The molecule has 0 aliphatic rings. The minimum Gasteiger partial charge on any atom is -0.352 e. The van der Waals surface area contributed by atoms with Gasteiger partial charge in [-0.2, -0.15) is 18.4 Å². The minimum absolute atomic E-state index is 0.0584. The van der Waals surface area contributed by atoms with Gasteiger partial charge in [-0.3, -0.25) is 4.79 Å². The lowest BCUT2D eigenvalue weighted by atomic mass is 10.1. The van der Waals surface area contributed by atoms with E-state index >= 15 is 0 Å². The first-order valence-corrected chi connectivity index (χ1v) is 14.4. The van der Waals surface area contributed by atoms with Gasteiger partial charge in [0.05, 0.1) is 29.9 Å². The highest BCUT2D eigenvalue weighted by Gasteiger charge is 2.33. The molecule has 0 unspecified atom stereocenters. The Morgan fingerprint density at radius 3 is 2.50 bits per heavy atom. The predicted molar refractivity (Wildman–Crippen MR) is 168 cm³/mol. The Kier molecular flexibility index (Phi) is 10.4. The van der Waals surface area contributed by atoms with Gasteiger partial charge in [-0.1, -0.05) is 36.4 Å². The predicted octanol–water partition coefficient (Wildman–Crippen LogP) is 6.39. The van der Waals surface area contributed by atoms with E-state index in [1.54, 1.807) is 42.5 Å². The molecule has 4 aromatic rings. The topological polar surface area (TPSA) is 86.0 Å². The van der Waals surface area contributed by atoms with Crippen molar-refractivity contribution in [3.05, 3.63) is 118 Å². The lowest BCUT2D eigenvalue weighted by molar-refractivity contribution is -0.138. The number of alkyl halides is 3. The maximum absolute atomic E-state index is 13.8. The van der Waals surface area contributed by atoms with E-state index in [0.29, 0.717) is 17.8 Å². The van der Waals surface area contributed by atoms with Gasteiger partial charge in [0.25, 0.3) is 0 Å². The van der Waals surface area contributed by atoms with Crippen molar-refractivity contribution in [1.29, 1.82) is 5.26 Å². The Hall–Kier alpha value is -4.69. The summed E-state index contributed by atoms with van der Waals surface area (Å²) in [5.74, 6) is -0.261. The fourth-order valence-electron chi connectivity index (χ4n) is 4.77. The van der Waals surface area contributed by atoms with Gasteiger partial charge in [0.15, 0.2) is 5.11 Å². The van der Waals surface area contributed by atoms with Gasteiger partial charge in [0, 0.05) is 43.3 Å². The van der Waals surface area contributed by atoms with E-state index in [1.165, 1.54) is 12.1 Å². The van der Waals surface area contributed by atoms with Crippen LogP contribution in [0.3, 0.4) is 0 Å². The third-order valence-corrected chi connectivity index (χ3v) is 7.57. The highest BCUT2D eigenvalue weighted by Crippen LogP contribution is 2.32. The van der Waals surface area contributed by atoms with Crippen LogP contribution in [0, 0.1) is 25.2 Å². The molecule has 7 nitrogen and oxygen atoms in total. The summed E-state index contributed by atoms with van der Waals surface area (Å²) in [5.41, 5.74) is 4.43. The number of carbonyl (C=O) groups is 1. The molecule has 0 fully saturated rings. The van der Waals surface area contributed by atoms with Gasteiger partial charge >= 0.3 is 6.18 Å². The van der Waals surface area contributed by atoms with E-state index in [-0.39, 0.29) is 36.1 Å². The summed E-state index contributed by atoms with van der Waals surface area (Å²) in [6, 6.07) is 20.0. The first-order chi connectivity index (χ1) is 20.9. The second kappa shape index (κ2) is 14.2. The number of carbonyl (C=O) groups excluding carboxylic acids is 1. The molecular formula is C33H33F3N6OS. The second-order valence-electron chi connectivity index (χ2n) is 10.7. The standard InChI is InChI=1S/C33H33F3N6OS/c1-22-8-13-28(14-23(22)2)40-32(44)41(20-27-6-4-5-7-30(27)33(34,35)36)18-24(3)39-31(43)15-29-17-38-21-42(29)19-26-11-9-25(16-37)10-12-26/h4-14,17,21,24H,15,18-20H2,1-3H3,(H,39,43)(H,40,44)/t24-/m0/s1. The maximum atomic E-state index is 13.8. The van der Waals surface area contributed by atoms with E-state index in [9.17, 15) is 18.0 Å². The van der Waals surface area contributed by atoms with Crippen LogP contribution in [-0.4, -0.2) is 38.1 Å². The van der Waals surface area contributed by atoms with Crippen molar-refractivity contribution < 1.29 is 18.0 Å². The number of nitriles is 1. The van der Waals surface area contributed by atoms with Crippen molar-refractivity contribution in [2.45, 2.75) is 52.5 Å². The van der Waals surface area contributed by atoms with Crippen molar-refractivity contribution in [1.82, 2.24) is 19.8 Å². The van der Waals surface area contributed by atoms with Crippen LogP contribution in [-0.2, 0) is 30.5 Å². The zero-order chi connectivity index (χ0) is 31.9. The summed E-state index contributed by atoms with van der Waals surface area (Å²) >= 11 is 5.68. The van der Waals surface area contributed by atoms with Crippen molar-refractivity contribution in [2.75, 3.05) is 11.9 Å². The van der Waals surface area contributed by atoms with Gasteiger partial charge in [-0.05, 0) is 85.6 Å². The zero-order valence-corrected chi connectivity index (χ0v) is 25.5. The third kappa shape index (κ3) is 8.67.